The van der Waals surface area contributed by atoms with Crippen LogP contribution in [0.3, 0.4) is 0 Å². The van der Waals surface area contributed by atoms with Gasteiger partial charge in [-0.3, -0.25) is 13.8 Å². The van der Waals surface area contributed by atoms with Gasteiger partial charge in [-0.05, 0) is 44.9 Å². The lowest BCUT2D eigenvalue weighted by Gasteiger charge is -2.20. The summed E-state index contributed by atoms with van der Waals surface area (Å²) in [6.07, 6.45) is 52.6. The first kappa shape index (κ1) is 58.7. The Balaban J connectivity index is 4.02. The zero-order valence-electron chi connectivity index (χ0n) is 38.9. The van der Waals surface area contributed by atoms with Crippen molar-refractivity contribution in [3.8, 4) is 0 Å². The molecule has 10 heteroatoms. The van der Waals surface area contributed by atoms with Crippen molar-refractivity contribution < 1.29 is 43.0 Å². The normalized spacial score (nSPS) is 14.2. The molecule has 354 valence electrons. The number of phosphoric ester groups is 1. The van der Waals surface area contributed by atoms with Gasteiger partial charge in [0.1, 0.15) is 12.2 Å². The molecule has 0 saturated carbocycles. The average molecular weight is 871 g/mol. The molecule has 0 saturated heterocycles. The lowest BCUT2D eigenvalue weighted by atomic mass is 10.0. The molecular formula is C50H95O9P. The number of esters is 1. The number of aliphatic hydroxyl groups is 2. The summed E-state index contributed by atoms with van der Waals surface area (Å²) in [4.78, 5) is 22.6. The first-order chi connectivity index (χ1) is 29.3. The lowest BCUT2D eigenvalue weighted by Crippen LogP contribution is -2.29. The molecule has 60 heavy (non-hydrogen) atoms. The van der Waals surface area contributed by atoms with Gasteiger partial charge in [0.15, 0.2) is 0 Å². The second-order valence-corrected chi connectivity index (χ2v) is 18.3. The molecule has 3 N–H and O–H groups in total. The number of rotatable bonds is 48. The third-order valence-electron chi connectivity index (χ3n) is 10.8. The smallest absolute Gasteiger partial charge is 0.457 e. The first-order valence-corrected chi connectivity index (χ1v) is 26.5. The molecule has 0 heterocycles. The number of aliphatic hydroxyl groups excluding tert-OH is 2. The SMILES string of the molecule is CC/C=C\C/C=C\C/C=C\CCCCCCCC(=O)OC(COCCCCCCCCCCCCCCCCCCCCCCCCCC)COP(=O)(O)OCC(O)CO. The van der Waals surface area contributed by atoms with E-state index in [1.807, 2.05) is 0 Å². The van der Waals surface area contributed by atoms with Crippen molar-refractivity contribution >= 4 is 13.8 Å². The number of allylic oxidation sites excluding steroid dienone is 6. The molecule has 0 amide bonds. The van der Waals surface area contributed by atoms with Crippen LogP contribution < -0.4 is 0 Å². The Morgan fingerprint density at radius 1 is 0.533 bits per heavy atom. The molecule has 0 aliphatic carbocycles. The van der Waals surface area contributed by atoms with E-state index in [4.69, 9.17) is 23.6 Å². The van der Waals surface area contributed by atoms with Gasteiger partial charge in [0, 0.05) is 13.0 Å². The minimum absolute atomic E-state index is 0.0452. The molecular weight excluding hydrogens is 776 g/mol. The molecule has 0 fully saturated rings. The van der Waals surface area contributed by atoms with E-state index in [0.717, 1.165) is 64.2 Å². The Morgan fingerprint density at radius 3 is 1.43 bits per heavy atom. The largest absolute Gasteiger partial charge is 0.472 e. The lowest BCUT2D eigenvalue weighted by molar-refractivity contribution is -0.154. The van der Waals surface area contributed by atoms with E-state index in [9.17, 15) is 19.4 Å². The van der Waals surface area contributed by atoms with Crippen LogP contribution in [-0.2, 0) is 27.9 Å². The van der Waals surface area contributed by atoms with Gasteiger partial charge in [-0.25, -0.2) is 4.57 Å². The monoisotopic (exact) mass is 871 g/mol. The molecule has 0 aromatic carbocycles. The number of carbonyl (C=O) groups excluding carboxylic acids is 1. The Hall–Kier alpha value is -1.32. The summed E-state index contributed by atoms with van der Waals surface area (Å²) in [6, 6.07) is 0. The Bertz CT molecular complexity index is 1030. The maximum Gasteiger partial charge on any atom is 0.472 e. The van der Waals surface area contributed by atoms with Crippen molar-refractivity contribution in [3.05, 3.63) is 36.5 Å². The molecule has 3 unspecified atom stereocenters. The Labute approximate surface area is 369 Å². The number of hydrogen-bond acceptors (Lipinski definition) is 8. The maximum absolute atomic E-state index is 12.6. The maximum atomic E-state index is 12.6. The average Bonchev–Trinajstić information content (AvgIpc) is 3.24. The van der Waals surface area contributed by atoms with E-state index < -0.39 is 39.2 Å². The number of carbonyl (C=O) groups is 1. The molecule has 0 bridgehead atoms. The van der Waals surface area contributed by atoms with Gasteiger partial charge in [0.25, 0.3) is 0 Å². The van der Waals surface area contributed by atoms with Gasteiger partial charge in [-0.1, -0.05) is 217 Å². The topological polar surface area (TPSA) is 132 Å². The summed E-state index contributed by atoms with van der Waals surface area (Å²) in [5, 5.41) is 18.4. The van der Waals surface area contributed by atoms with Gasteiger partial charge in [-0.15, -0.1) is 0 Å². The zero-order valence-corrected chi connectivity index (χ0v) is 39.8. The highest BCUT2D eigenvalue weighted by Crippen LogP contribution is 2.43. The Kier molecular flexibility index (Phi) is 46.1. The Morgan fingerprint density at radius 2 is 0.950 bits per heavy atom. The predicted octanol–water partition coefficient (Wildman–Crippen LogP) is 14.4. The second-order valence-electron chi connectivity index (χ2n) is 16.8. The van der Waals surface area contributed by atoms with Crippen LogP contribution in [0.25, 0.3) is 0 Å². The van der Waals surface area contributed by atoms with Crippen LogP contribution in [-0.4, -0.2) is 66.3 Å². The molecule has 0 aliphatic rings. The predicted molar refractivity (Wildman–Crippen MR) is 251 cm³/mol. The summed E-state index contributed by atoms with van der Waals surface area (Å²) in [5.41, 5.74) is 0. The summed E-state index contributed by atoms with van der Waals surface area (Å²) < 4.78 is 33.5. The summed E-state index contributed by atoms with van der Waals surface area (Å²) in [5.74, 6) is -0.396. The molecule has 0 aliphatic heterocycles. The molecule has 0 aromatic heterocycles. The molecule has 9 nitrogen and oxygen atoms in total. The third-order valence-corrected chi connectivity index (χ3v) is 11.8. The minimum Gasteiger partial charge on any atom is -0.457 e. The van der Waals surface area contributed by atoms with Crippen molar-refractivity contribution in [2.24, 2.45) is 0 Å². The van der Waals surface area contributed by atoms with Crippen LogP contribution >= 0.6 is 7.82 Å². The van der Waals surface area contributed by atoms with E-state index in [2.05, 4.69) is 50.3 Å². The fourth-order valence-corrected chi connectivity index (χ4v) is 7.87. The fourth-order valence-electron chi connectivity index (χ4n) is 7.08. The summed E-state index contributed by atoms with van der Waals surface area (Å²) in [6.45, 7) is 3.43. The van der Waals surface area contributed by atoms with Gasteiger partial charge in [0.05, 0.1) is 26.4 Å². The highest BCUT2D eigenvalue weighted by molar-refractivity contribution is 7.47. The van der Waals surface area contributed by atoms with E-state index in [-0.39, 0.29) is 19.6 Å². The summed E-state index contributed by atoms with van der Waals surface area (Å²) in [7, 11) is -4.52. The van der Waals surface area contributed by atoms with E-state index in [1.54, 1.807) is 0 Å². The molecule has 0 spiro atoms. The highest BCUT2D eigenvalue weighted by Gasteiger charge is 2.26. The van der Waals surface area contributed by atoms with Crippen LogP contribution in [0.4, 0.5) is 0 Å². The number of unbranched alkanes of at least 4 members (excludes halogenated alkanes) is 28. The first-order valence-electron chi connectivity index (χ1n) is 25.0. The quantitative estimate of drug-likeness (QED) is 0.0237. The summed E-state index contributed by atoms with van der Waals surface area (Å²) >= 11 is 0. The molecule has 0 aromatic rings. The van der Waals surface area contributed by atoms with Gasteiger partial charge in [0.2, 0.25) is 0 Å². The van der Waals surface area contributed by atoms with Gasteiger partial charge >= 0.3 is 13.8 Å². The molecule has 3 atom stereocenters. The standard InChI is InChI=1S/C50H95O9P/c1-3-5-7-9-11-13-15-17-19-20-21-22-23-24-25-26-27-29-31-33-35-37-39-41-43-56-46-49(47-58-60(54,55)57-45-48(52)44-51)59-50(53)42-40-38-36-34-32-30-28-18-16-14-12-10-8-6-4-2/h6,8,12,14,18,28,48-49,51-52H,3-5,7,9-11,13,15-17,19-27,29-47H2,1-2H3,(H,54,55)/b8-6-,14-12-,28-18-. The second kappa shape index (κ2) is 47.2. The van der Waals surface area contributed by atoms with Crippen LogP contribution in [0.5, 0.6) is 0 Å². The third kappa shape index (κ3) is 46.2. The van der Waals surface area contributed by atoms with E-state index in [1.165, 1.54) is 141 Å². The van der Waals surface area contributed by atoms with Crippen LogP contribution in [0.2, 0.25) is 0 Å². The number of phosphoric acid groups is 1. The molecule has 0 rings (SSSR count). The van der Waals surface area contributed by atoms with Gasteiger partial charge < -0.3 is 24.6 Å². The molecule has 0 radical (unpaired) electrons. The van der Waals surface area contributed by atoms with E-state index >= 15 is 0 Å². The van der Waals surface area contributed by atoms with Crippen molar-refractivity contribution in [2.75, 3.05) is 33.0 Å². The fraction of sp³-hybridized carbons (Fsp3) is 0.860. The van der Waals surface area contributed by atoms with Crippen LogP contribution in [0.15, 0.2) is 36.5 Å². The van der Waals surface area contributed by atoms with Crippen molar-refractivity contribution in [1.29, 1.82) is 0 Å². The van der Waals surface area contributed by atoms with E-state index in [0.29, 0.717) is 13.0 Å². The number of hydrogen-bond donors (Lipinski definition) is 3. The minimum atomic E-state index is -4.52. The van der Waals surface area contributed by atoms with Crippen molar-refractivity contribution in [3.63, 3.8) is 0 Å². The highest BCUT2D eigenvalue weighted by atomic mass is 31.2. The van der Waals surface area contributed by atoms with Crippen molar-refractivity contribution in [2.45, 2.75) is 244 Å². The van der Waals surface area contributed by atoms with Gasteiger partial charge in [-0.2, -0.15) is 0 Å². The van der Waals surface area contributed by atoms with Crippen LogP contribution in [0.1, 0.15) is 232 Å². The van der Waals surface area contributed by atoms with Crippen molar-refractivity contribution in [1.82, 2.24) is 0 Å². The van der Waals surface area contributed by atoms with Crippen LogP contribution in [0, 0.1) is 0 Å². The zero-order chi connectivity index (χ0) is 43.9. The number of ether oxygens (including phenoxy) is 2.